The van der Waals surface area contributed by atoms with E-state index in [1.807, 2.05) is 0 Å². The van der Waals surface area contributed by atoms with E-state index in [9.17, 15) is 9.18 Å². The van der Waals surface area contributed by atoms with Crippen LogP contribution in [0.25, 0.3) is 0 Å². The monoisotopic (exact) mass is 250 g/mol. The summed E-state index contributed by atoms with van der Waals surface area (Å²) in [6.07, 6.45) is 4.72. The number of rotatable bonds is 4. The van der Waals surface area contributed by atoms with Gasteiger partial charge in [0.05, 0.1) is 6.10 Å². The van der Waals surface area contributed by atoms with Crippen LogP contribution in [0.3, 0.4) is 0 Å². The molecule has 0 spiro atoms. The molecule has 0 amide bonds. The molecule has 0 aromatic heterocycles. The van der Waals surface area contributed by atoms with Crippen molar-refractivity contribution in [1.29, 1.82) is 0 Å². The molecule has 0 saturated heterocycles. The van der Waals surface area contributed by atoms with Crippen LogP contribution < -0.4 is 0 Å². The van der Waals surface area contributed by atoms with Crippen LogP contribution in [0.2, 0.25) is 0 Å². The van der Waals surface area contributed by atoms with Gasteiger partial charge in [-0.05, 0) is 43.0 Å². The minimum Gasteiger partial charge on any atom is -0.370 e. The molecule has 3 heteroatoms. The predicted octanol–water partition coefficient (Wildman–Crippen LogP) is 3.60. The van der Waals surface area contributed by atoms with Gasteiger partial charge in [0.1, 0.15) is 12.4 Å². The molecule has 2 nitrogen and oxygen atoms in total. The van der Waals surface area contributed by atoms with Gasteiger partial charge in [-0.2, -0.15) is 0 Å². The third-order valence-corrected chi connectivity index (χ3v) is 3.50. The molecule has 1 saturated carbocycles. The zero-order chi connectivity index (χ0) is 13.0. The maximum atomic E-state index is 12.7. The van der Waals surface area contributed by atoms with Crippen molar-refractivity contribution in [2.45, 2.75) is 38.7 Å². The number of ether oxygens (including phenoxy) is 1. The fourth-order valence-corrected chi connectivity index (χ4v) is 2.44. The second kappa shape index (κ2) is 6.10. The van der Waals surface area contributed by atoms with Crippen LogP contribution >= 0.6 is 0 Å². The molecular formula is C15H19FO2. The first-order valence-corrected chi connectivity index (χ1v) is 6.55. The number of Topliss-reactive ketones (excluding diaryl/α,β-unsaturated/α-hetero) is 1. The smallest absolute Gasteiger partial charge is 0.188 e. The average Bonchev–Trinajstić information content (AvgIpc) is 2.37. The number of hydrogen-bond donors (Lipinski definition) is 0. The molecule has 2 unspecified atom stereocenters. The van der Waals surface area contributed by atoms with Gasteiger partial charge >= 0.3 is 0 Å². The normalized spacial score (nSPS) is 23.9. The summed E-state index contributed by atoms with van der Waals surface area (Å²) in [5, 5.41) is 0. The average molecular weight is 250 g/mol. The van der Waals surface area contributed by atoms with Gasteiger partial charge in [0, 0.05) is 5.56 Å². The number of hydrogen-bond acceptors (Lipinski definition) is 2. The van der Waals surface area contributed by atoms with Crippen LogP contribution in [-0.2, 0) is 4.74 Å². The zero-order valence-electron chi connectivity index (χ0n) is 10.7. The fourth-order valence-electron chi connectivity index (χ4n) is 2.44. The summed E-state index contributed by atoms with van der Waals surface area (Å²) in [5.41, 5.74) is 0.514. The SMILES string of the molecule is CC1CCCC(OCC(=O)c2ccc(F)cc2)C1. The maximum absolute atomic E-state index is 12.7. The van der Waals surface area contributed by atoms with Gasteiger partial charge in [0.15, 0.2) is 5.78 Å². The number of ketones is 1. The highest BCUT2D eigenvalue weighted by molar-refractivity contribution is 5.97. The van der Waals surface area contributed by atoms with Gasteiger partial charge < -0.3 is 4.74 Å². The molecule has 1 aliphatic carbocycles. The number of carbonyl (C=O) groups is 1. The largest absolute Gasteiger partial charge is 0.370 e. The number of halogens is 1. The highest BCUT2D eigenvalue weighted by Gasteiger charge is 2.20. The number of benzene rings is 1. The molecule has 0 bridgehead atoms. The Morgan fingerprint density at radius 1 is 1.33 bits per heavy atom. The third-order valence-electron chi connectivity index (χ3n) is 3.50. The van der Waals surface area contributed by atoms with Gasteiger partial charge in [0.2, 0.25) is 0 Å². The standard InChI is InChI=1S/C15H19FO2/c1-11-3-2-4-14(9-11)18-10-15(17)12-5-7-13(16)8-6-12/h5-8,11,14H,2-4,9-10H2,1H3. The van der Waals surface area contributed by atoms with Crippen LogP contribution in [0.1, 0.15) is 43.0 Å². The first kappa shape index (κ1) is 13.2. The summed E-state index contributed by atoms with van der Waals surface area (Å²) in [4.78, 5) is 11.8. The molecule has 0 aliphatic heterocycles. The Kier molecular flexibility index (Phi) is 4.48. The second-order valence-electron chi connectivity index (χ2n) is 5.13. The molecule has 98 valence electrons. The Morgan fingerprint density at radius 3 is 2.72 bits per heavy atom. The first-order valence-electron chi connectivity index (χ1n) is 6.55. The highest BCUT2D eigenvalue weighted by atomic mass is 19.1. The molecule has 1 fully saturated rings. The summed E-state index contributed by atoms with van der Waals surface area (Å²) >= 11 is 0. The minimum absolute atomic E-state index is 0.0757. The molecule has 1 aromatic rings. The fraction of sp³-hybridized carbons (Fsp3) is 0.533. The van der Waals surface area contributed by atoms with Crippen LogP contribution in [0.4, 0.5) is 4.39 Å². The lowest BCUT2D eigenvalue weighted by Gasteiger charge is -2.26. The first-order chi connectivity index (χ1) is 8.65. The van der Waals surface area contributed by atoms with E-state index in [-0.39, 0.29) is 24.3 Å². The van der Waals surface area contributed by atoms with Crippen molar-refractivity contribution < 1.29 is 13.9 Å². The van der Waals surface area contributed by atoms with Crippen molar-refractivity contribution in [3.05, 3.63) is 35.6 Å². The Labute approximate surface area is 107 Å². The van der Waals surface area contributed by atoms with Crippen molar-refractivity contribution in [2.75, 3.05) is 6.61 Å². The lowest BCUT2D eigenvalue weighted by molar-refractivity contribution is 0.0182. The Hall–Kier alpha value is -1.22. The minimum atomic E-state index is -0.325. The van der Waals surface area contributed by atoms with E-state index in [0.717, 1.165) is 12.8 Å². The topological polar surface area (TPSA) is 26.3 Å². The summed E-state index contributed by atoms with van der Waals surface area (Å²) < 4.78 is 18.4. The van der Waals surface area contributed by atoms with Crippen molar-refractivity contribution in [3.8, 4) is 0 Å². The van der Waals surface area contributed by atoms with E-state index in [2.05, 4.69) is 6.92 Å². The summed E-state index contributed by atoms with van der Waals surface area (Å²) in [5.74, 6) is 0.284. The molecule has 0 heterocycles. The molecule has 2 rings (SSSR count). The third kappa shape index (κ3) is 3.64. The van der Waals surface area contributed by atoms with Crippen molar-refractivity contribution in [2.24, 2.45) is 5.92 Å². The zero-order valence-corrected chi connectivity index (χ0v) is 10.7. The highest BCUT2D eigenvalue weighted by Crippen LogP contribution is 2.25. The van der Waals surface area contributed by atoms with Gasteiger partial charge in [-0.25, -0.2) is 4.39 Å². The summed E-state index contributed by atoms with van der Waals surface area (Å²) in [6, 6.07) is 5.61. The van der Waals surface area contributed by atoms with E-state index in [4.69, 9.17) is 4.74 Å². The maximum Gasteiger partial charge on any atom is 0.188 e. The summed E-state index contributed by atoms with van der Waals surface area (Å²) in [6.45, 7) is 2.32. The Bertz CT molecular complexity index is 399. The van der Waals surface area contributed by atoms with Gasteiger partial charge in [-0.3, -0.25) is 4.79 Å². The Morgan fingerprint density at radius 2 is 2.06 bits per heavy atom. The van der Waals surface area contributed by atoms with Gasteiger partial charge in [0.25, 0.3) is 0 Å². The number of carbonyl (C=O) groups excluding carboxylic acids is 1. The van der Waals surface area contributed by atoms with Gasteiger partial charge in [-0.1, -0.05) is 19.8 Å². The molecule has 0 N–H and O–H groups in total. The molecule has 1 aromatic carbocycles. The molecule has 0 radical (unpaired) electrons. The predicted molar refractivity (Wildman–Crippen MR) is 68.1 cm³/mol. The summed E-state index contributed by atoms with van der Waals surface area (Å²) in [7, 11) is 0. The van der Waals surface area contributed by atoms with E-state index < -0.39 is 0 Å². The molecule has 18 heavy (non-hydrogen) atoms. The van der Waals surface area contributed by atoms with E-state index >= 15 is 0 Å². The van der Waals surface area contributed by atoms with Crippen LogP contribution in [0, 0.1) is 11.7 Å². The quantitative estimate of drug-likeness (QED) is 0.763. The van der Waals surface area contributed by atoms with Crippen molar-refractivity contribution in [3.63, 3.8) is 0 Å². The van der Waals surface area contributed by atoms with Crippen molar-refractivity contribution in [1.82, 2.24) is 0 Å². The Balaban J connectivity index is 1.82. The van der Waals surface area contributed by atoms with Gasteiger partial charge in [-0.15, -0.1) is 0 Å². The molecular weight excluding hydrogens is 231 g/mol. The van der Waals surface area contributed by atoms with Crippen LogP contribution in [0.15, 0.2) is 24.3 Å². The lowest BCUT2D eigenvalue weighted by atomic mass is 9.89. The molecule has 2 atom stereocenters. The molecule has 1 aliphatic rings. The lowest BCUT2D eigenvalue weighted by Crippen LogP contribution is -2.24. The van der Waals surface area contributed by atoms with Crippen LogP contribution in [-0.4, -0.2) is 18.5 Å². The second-order valence-corrected chi connectivity index (χ2v) is 5.13. The van der Waals surface area contributed by atoms with Crippen molar-refractivity contribution >= 4 is 5.78 Å². The van der Waals surface area contributed by atoms with Crippen LogP contribution in [0.5, 0.6) is 0 Å². The van der Waals surface area contributed by atoms with E-state index in [1.165, 1.54) is 37.1 Å². The van der Waals surface area contributed by atoms with E-state index in [0.29, 0.717) is 11.5 Å². The van der Waals surface area contributed by atoms with E-state index in [1.54, 1.807) is 0 Å².